The lowest BCUT2D eigenvalue weighted by molar-refractivity contribution is -0.164. The van der Waals surface area contributed by atoms with E-state index in [-0.39, 0.29) is 28.9 Å². The molecule has 2 aromatic rings. The second-order valence-electron chi connectivity index (χ2n) is 8.31. The standard InChI is InChI=1S/C22H22ClIN2O2/c1-21(2)19(26-18(27)13-5-8-15(24)9-6-13)22(3,4)20(21)28-16-10-7-14(12-25)17(23)11-16/h5-11,19-20H,1-4H3,(H,26,27)/t19-,20-. The van der Waals surface area contributed by atoms with Crippen LogP contribution < -0.4 is 10.1 Å². The Morgan fingerprint density at radius 3 is 2.29 bits per heavy atom. The summed E-state index contributed by atoms with van der Waals surface area (Å²) < 4.78 is 7.34. The molecule has 4 nitrogen and oxygen atoms in total. The highest BCUT2D eigenvalue weighted by Gasteiger charge is 2.64. The molecular formula is C22H22ClIN2O2. The molecule has 1 saturated carbocycles. The Labute approximate surface area is 184 Å². The normalized spacial score (nSPS) is 21.9. The predicted octanol–water partition coefficient (Wildman–Crippen LogP) is 5.43. The maximum atomic E-state index is 12.7. The van der Waals surface area contributed by atoms with E-state index in [1.807, 2.05) is 30.3 Å². The van der Waals surface area contributed by atoms with Crippen LogP contribution in [0.3, 0.4) is 0 Å². The van der Waals surface area contributed by atoms with E-state index in [1.165, 1.54) is 0 Å². The number of rotatable bonds is 4. The van der Waals surface area contributed by atoms with Crippen molar-refractivity contribution in [3.8, 4) is 11.8 Å². The van der Waals surface area contributed by atoms with E-state index < -0.39 is 0 Å². The zero-order valence-corrected chi connectivity index (χ0v) is 19.1. The summed E-state index contributed by atoms with van der Waals surface area (Å²) >= 11 is 8.35. The van der Waals surface area contributed by atoms with Gasteiger partial charge in [0.25, 0.3) is 5.91 Å². The van der Waals surface area contributed by atoms with Crippen molar-refractivity contribution in [1.82, 2.24) is 5.32 Å². The minimum absolute atomic E-state index is 0.0503. The van der Waals surface area contributed by atoms with Gasteiger partial charge in [-0.2, -0.15) is 5.26 Å². The highest BCUT2D eigenvalue weighted by molar-refractivity contribution is 14.1. The molecule has 1 N–H and O–H groups in total. The lowest BCUT2D eigenvalue weighted by Gasteiger charge is -2.63. The molecule has 1 aliphatic rings. The maximum absolute atomic E-state index is 12.7. The molecule has 1 amide bonds. The number of amides is 1. The molecule has 146 valence electrons. The lowest BCUT2D eigenvalue weighted by Crippen LogP contribution is -2.74. The number of carbonyl (C=O) groups is 1. The third-order valence-corrected chi connectivity index (χ3v) is 6.57. The summed E-state index contributed by atoms with van der Waals surface area (Å²) in [7, 11) is 0. The van der Waals surface area contributed by atoms with Crippen molar-refractivity contribution in [3.63, 3.8) is 0 Å². The van der Waals surface area contributed by atoms with Gasteiger partial charge in [-0.3, -0.25) is 4.79 Å². The van der Waals surface area contributed by atoms with Crippen LogP contribution >= 0.6 is 34.2 Å². The van der Waals surface area contributed by atoms with E-state index in [4.69, 9.17) is 21.6 Å². The van der Waals surface area contributed by atoms with Gasteiger partial charge >= 0.3 is 0 Å². The molecule has 3 rings (SSSR count). The zero-order valence-electron chi connectivity index (χ0n) is 16.2. The monoisotopic (exact) mass is 508 g/mol. The maximum Gasteiger partial charge on any atom is 0.251 e. The van der Waals surface area contributed by atoms with Crippen LogP contribution in [-0.2, 0) is 0 Å². The molecule has 0 radical (unpaired) electrons. The summed E-state index contributed by atoms with van der Waals surface area (Å²) in [6, 6.07) is 14.6. The molecular weight excluding hydrogens is 487 g/mol. The highest BCUT2D eigenvalue weighted by atomic mass is 127. The topological polar surface area (TPSA) is 62.1 Å². The third kappa shape index (κ3) is 3.72. The molecule has 0 atom stereocenters. The molecule has 28 heavy (non-hydrogen) atoms. The minimum Gasteiger partial charge on any atom is -0.489 e. The molecule has 1 aliphatic carbocycles. The zero-order chi connectivity index (χ0) is 20.7. The number of halogens is 2. The molecule has 0 heterocycles. The van der Waals surface area contributed by atoms with Crippen LogP contribution in [0, 0.1) is 25.7 Å². The fraction of sp³-hybridized carbons (Fsp3) is 0.364. The van der Waals surface area contributed by atoms with E-state index in [2.05, 4.69) is 55.6 Å². The van der Waals surface area contributed by atoms with Gasteiger partial charge < -0.3 is 10.1 Å². The Bertz CT molecular complexity index is 932. The molecule has 0 aliphatic heterocycles. The smallest absolute Gasteiger partial charge is 0.251 e. The second-order valence-corrected chi connectivity index (χ2v) is 9.96. The van der Waals surface area contributed by atoms with Gasteiger partial charge in [0.15, 0.2) is 0 Å². The van der Waals surface area contributed by atoms with Crippen molar-refractivity contribution in [1.29, 1.82) is 5.26 Å². The van der Waals surface area contributed by atoms with E-state index in [0.717, 1.165) is 3.57 Å². The number of ether oxygens (including phenoxy) is 1. The molecule has 0 unspecified atom stereocenters. The fourth-order valence-electron chi connectivity index (χ4n) is 4.41. The van der Waals surface area contributed by atoms with E-state index in [1.54, 1.807) is 18.2 Å². The molecule has 2 aromatic carbocycles. The van der Waals surface area contributed by atoms with Crippen LogP contribution in [-0.4, -0.2) is 18.1 Å². The largest absolute Gasteiger partial charge is 0.489 e. The van der Waals surface area contributed by atoms with Crippen molar-refractivity contribution < 1.29 is 9.53 Å². The summed E-state index contributed by atoms with van der Waals surface area (Å²) in [5.74, 6) is 0.542. The van der Waals surface area contributed by atoms with Crippen molar-refractivity contribution in [3.05, 3.63) is 62.2 Å². The van der Waals surface area contributed by atoms with Gasteiger partial charge in [0, 0.05) is 32.1 Å². The van der Waals surface area contributed by atoms with Gasteiger partial charge in [-0.25, -0.2) is 0 Å². The molecule has 1 fully saturated rings. The van der Waals surface area contributed by atoms with Gasteiger partial charge in [0.1, 0.15) is 17.9 Å². The first kappa shape index (κ1) is 20.9. The Morgan fingerprint density at radius 1 is 1.14 bits per heavy atom. The highest BCUT2D eigenvalue weighted by Crippen LogP contribution is 2.55. The predicted molar refractivity (Wildman–Crippen MR) is 119 cm³/mol. The number of hydrogen-bond donors (Lipinski definition) is 1. The Hall–Kier alpha value is -1.78. The fourth-order valence-corrected chi connectivity index (χ4v) is 4.98. The van der Waals surface area contributed by atoms with Crippen LogP contribution in [0.1, 0.15) is 43.6 Å². The van der Waals surface area contributed by atoms with E-state index in [9.17, 15) is 4.79 Å². The first-order chi connectivity index (χ1) is 13.1. The molecule has 0 saturated heterocycles. The molecule has 6 heteroatoms. The van der Waals surface area contributed by atoms with Crippen molar-refractivity contribution in [2.45, 2.75) is 39.8 Å². The van der Waals surface area contributed by atoms with Crippen LogP contribution in [0.15, 0.2) is 42.5 Å². The Balaban J connectivity index is 1.76. The average Bonchev–Trinajstić information content (AvgIpc) is 2.64. The van der Waals surface area contributed by atoms with E-state index in [0.29, 0.717) is 21.9 Å². The van der Waals surface area contributed by atoms with E-state index >= 15 is 0 Å². The SMILES string of the molecule is CC1(C)[C@H](NC(=O)c2ccc(I)cc2)C(C)(C)[C@H]1Oc1ccc(C#N)c(Cl)c1. The summed E-state index contributed by atoms with van der Waals surface area (Å²) in [6.07, 6.45) is -0.119. The quantitative estimate of drug-likeness (QED) is 0.560. The Kier molecular flexibility index (Phi) is 5.66. The summed E-state index contributed by atoms with van der Waals surface area (Å²) in [4.78, 5) is 12.7. The summed E-state index contributed by atoms with van der Waals surface area (Å²) in [5.41, 5.74) is 0.518. The van der Waals surface area contributed by atoms with Crippen LogP contribution in [0.25, 0.3) is 0 Å². The summed E-state index contributed by atoms with van der Waals surface area (Å²) in [5, 5.41) is 12.6. The first-order valence-corrected chi connectivity index (χ1v) is 10.5. The number of benzene rings is 2. The second kappa shape index (κ2) is 7.57. The third-order valence-electron chi connectivity index (χ3n) is 5.54. The number of nitriles is 1. The number of hydrogen-bond acceptors (Lipinski definition) is 3. The first-order valence-electron chi connectivity index (χ1n) is 9.00. The van der Waals surface area contributed by atoms with Crippen molar-refractivity contribution >= 4 is 40.1 Å². The molecule has 0 aromatic heterocycles. The number of nitrogens with zero attached hydrogens (tertiary/aromatic N) is 1. The van der Waals surface area contributed by atoms with Gasteiger partial charge in [0.2, 0.25) is 0 Å². The lowest BCUT2D eigenvalue weighted by atomic mass is 9.49. The van der Waals surface area contributed by atoms with Gasteiger partial charge in [0.05, 0.1) is 10.6 Å². The molecule has 0 spiro atoms. The molecule has 0 bridgehead atoms. The van der Waals surface area contributed by atoms with Crippen molar-refractivity contribution in [2.24, 2.45) is 10.8 Å². The van der Waals surface area contributed by atoms with Crippen LogP contribution in [0.2, 0.25) is 5.02 Å². The number of nitrogens with one attached hydrogen (secondary N) is 1. The van der Waals surface area contributed by atoms with Crippen LogP contribution in [0.4, 0.5) is 0 Å². The van der Waals surface area contributed by atoms with Gasteiger partial charge in [-0.05, 0) is 59.0 Å². The Morgan fingerprint density at radius 2 is 1.75 bits per heavy atom. The van der Waals surface area contributed by atoms with Gasteiger partial charge in [-0.1, -0.05) is 39.3 Å². The minimum atomic E-state index is -0.275. The number of carbonyl (C=O) groups excluding carboxylic acids is 1. The average molecular weight is 509 g/mol. The summed E-state index contributed by atoms with van der Waals surface area (Å²) in [6.45, 7) is 8.36. The van der Waals surface area contributed by atoms with Crippen LogP contribution in [0.5, 0.6) is 5.75 Å². The van der Waals surface area contributed by atoms with Crippen molar-refractivity contribution in [2.75, 3.05) is 0 Å². The van der Waals surface area contributed by atoms with Gasteiger partial charge in [-0.15, -0.1) is 0 Å².